The second kappa shape index (κ2) is 6.76. The molecule has 1 amide bonds. The van der Waals surface area contributed by atoms with Gasteiger partial charge < -0.3 is 15.2 Å². The molecule has 1 aliphatic heterocycles. The van der Waals surface area contributed by atoms with E-state index in [0.29, 0.717) is 18.8 Å². The van der Waals surface area contributed by atoms with Crippen molar-refractivity contribution in [1.29, 1.82) is 0 Å². The number of thioether (sulfide) groups is 1. The van der Waals surface area contributed by atoms with E-state index in [1.54, 1.807) is 0 Å². The Bertz CT molecular complexity index is 471. The Hall–Kier alpha value is -1.53. The smallest absolute Gasteiger partial charge is 0.330 e. The van der Waals surface area contributed by atoms with Crippen LogP contribution in [0.15, 0.2) is 30.3 Å². The molecule has 0 saturated carbocycles. The van der Waals surface area contributed by atoms with Crippen LogP contribution < -0.4 is 5.32 Å². The number of rotatable bonds is 6. The summed E-state index contributed by atoms with van der Waals surface area (Å²) in [7, 11) is 0. The monoisotopic (exact) mass is 295 g/mol. The molecule has 2 N–H and O–H groups in total. The first-order valence-corrected chi connectivity index (χ1v) is 7.52. The third kappa shape index (κ3) is 3.74. The Labute approximate surface area is 121 Å². The van der Waals surface area contributed by atoms with E-state index in [4.69, 9.17) is 4.74 Å². The number of hydrogen-bond acceptors (Lipinski definition) is 4. The number of carbonyl (C=O) groups excluding carboxylic acids is 1. The van der Waals surface area contributed by atoms with Gasteiger partial charge in [0.25, 0.3) is 0 Å². The molecule has 1 fully saturated rings. The lowest BCUT2D eigenvalue weighted by Gasteiger charge is -2.24. The lowest BCUT2D eigenvalue weighted by molar-refractivity contribution is -0.147. The van der Waals surface area contributed by atoms with Crippen molar-refractivity contribution in [2.45, 2.75) is 18.6 Å². The van der Waals surface area contributed by atoms with Gasteiger partial charge in [-0.05, 0) is 17.7 Å². The van der Waals surface area contributed by atoms with E-state index < -0.39 is 11.5 Å². The minimum Gasteiger partial charge on any atom is -0.479 e. The summed E-state index contributed by atoms with van der Waals surface area (Å²) in [5.41, 5.74) is -0.151. The van der Waals surface area contributed by atoms with Gasteiger partial charge in [0.05, 0.1) is 6.61 Å². The first-order chi connectivity index (χ1) is 9.62. The van der Waals surface area contributed by atoms with Gasteiger partial charge in [-0.15, -0.1) is 0 Å². The molecule has 1 aliphatic rings. The third-order valence-corrected chi connectivity index (χ3v) is 4.34. The molecular formula is C14H17NO4S. The molecule has 1 aromatic rings. The Balaban J connectivity index is 1.79. The van der Waals surface area contributed by atoms with Gasteiger partial charge in [-0.1, -0.05) is 30.3 Å². The molecule has 1 atom stereocenters. The summed E-state index contributed by atoms with van der Waals surface area (Å²) in [4.78, 5) is 23.1. The summed E-state index contributed by atoms with van der Waals surface area (Å²) < 4.78 is 5.30. The molecule has 20 heavy (non-hydrogen) atoms. The summed E-state index contributed by atoms with van der Waals surface area (Å²) >= 11 is 1.54. The average molecular weight is 295 g/mol. The number of ether oxygens (including phenoxy) is 1. The van der Waals surface area contributed by atoms with Gasteiger partial charge in [-0.2, -0.15) is 11.8 Å². The summed E-state index contributed by atoms with van der Waals surface area (Å²) in [6, 6.07) is 9.51. The Morgan fingerprint density at radius 1 is 1.35 bits per heavy atom. The van der Waals surface area contributed by atoms with Crippen molar-refractivity contribution in [3.05, 3.63) is 35.9 Å². The van der Waals surface area contributed by atoms with E-state index in [1.807, 2.05) is 30.3 Å². The van der Waals surface area contributed by atoms with Crippen molar-refractivity contribution >= 4 is 23.6 Å². The number of carboxylic acids is 1. The van der Waals surface area contributed by atoms with Crippen LogP contribution in [0.4, 0.5) is 0 Å². The largest absolute Gasteiger partial charge is 0.479 e. The molecule has 1 aromatic carbocycles. The first kappa shape index (κ1) is 14.9. The van der Waals surface area contributed by atoms with Crippen LogP contribution in [0.3, 0.4) is 0 Å². The fraction of sp³-hybridized carbons (Fsp3) is 0.429. The zero-order valence-corrected chi connectivity index (χ0v) is 11.8. The van der Waals surface area contributed by atoms with Crippen molar-refractivity contribution in [3.63, 3.8) is 0 Å². The highest BCUT2D eigenvalue weighted by molar-refractivity contribution is 7.99. The van der Waals surface area contributed by atoms with Crippen LogP contribution in [0.25, 0.3) is 0 Å². The first-order valence-electron chi connectivity index (χ1n) is 6.36. The predicted octanol–water partition coefficient (Wildman–Crippen LogP) is 1.28. The fourth-order valence-electron chi connectivity index (χ4n) is 2.02. The summed E-state index contributed by atoms with van der Waals surface area (Å²) in [6.45, 7) is 0.206. The standard InChI is InChI=1S/C14H17NO4S/c16-12(9-19-8-11-4-2-1-3-5-11)15-14(13(17)18)6-7-20-10-14/h1-5H,6-10H2,(H,15,16)(H,17,18)/t14-/m0/s1. The summed E-state index contributed by atoms with van der Waals surface area (Å²) in [5, 5.41) is 11.8. The topological polar surface area (TPSA) is 75.6 Å². The molecular weight excluding hydrogens is 278 g/mol. The number of hydrogen-bond donors (Lipinski definition) is 2. The normalized spacial score (nSPS) is 21.6. The second-order valence-corrected chi connectivity index (χ2v) is 5.82. The summed E-state index contributed by atoms with van der Waals surface area (Å²) in [6.07, 6.45) is 0.456. The summed E-state index contributed by atoms with van der Waals surface area (Å²) in [5.74, 6) is -0.200. The Morgan fingerprint density at radius 2 is 2.10 bits per heavy atom. The zero-order valence-electron chi connectivity index (χ0n) is 11.0. The maximum absolute atomic E-state index is 11.8. The van der Waals surface area contributed by atoms with Gasteiger partial charge in [0.15, 0.2) is 0 Å². The van der Waals surface area contributed by atoms with E-state index in [-0.39, 0.29) is 12.5 Å². The number of benzene rings is 1. The number of carboxylic acid groups (broad SMARTS) is 1. The molecule has 6 heteroatoms. The highest BCUT2D eigenvalue weighted by atomic mass is 32.2. The van der Waals surface area contributed by atoms with Gasteiger partial charge in [0.1, 0.15) is 12.1 Å². The molecule has 0 spiro atoms. The van der Waals surface area contributed by atoms with Crippen LogP contribution in [-0.4, -0.2) is 40.6 Å². The number of nitrogens with one attached hydrogen (secondary N) is 1. The van der Waals surface area contributed by atoms with Crippen LogP contribution in [0, 0.1) is 0 Å². The Kier molecular flexibility index (Phi) is 5.03. The highest BCUT2D eigenvalue weighted by Crippen LogP contribution is 2.28. The van der Waals surface area contributed by atoms with E-state index in [9.17, 15) is 14.7 Å². The van der Waals surface area contributed by atoms with Gasteiger partial charge >= 0.3 is 5.97 Å². The van der Waals surface area contributed by atoms with Crippen LogP contribution >= 0.6 is 11.8 Å². The van der Waals surface area contributed by atoms with Gasteiger partial charge in [0, 0.05) is 5.75 Å². The van der Waals surface area contributed by atoms with E-state index >= 15 is 0 Å². The van der Waals surface area contributed by atoms with Crippen molar-refractivity contribution in [2.24, 2.45) is 0 Å². The van der Waals surface area contributed by atoms with Crippen molar-refractivity contribution in [3.8, 4) is 0 Å². The van der Waals surface area contributed by atoms with Crippen LogP contribution in [0.2, 0.25) is 0 Å². The number of amides is 1. The van der Waals surface area contributed by atoms with Crippen molar-refractivity contribution < 1.29 is 19.4 Å². The van der Waals surface area contributed by atoms with Crippen LogP contribution in [0.1, 0.15) is 12.0 Å². The predicted molar refractivity (Wildman–Crippen MR) is 76.5 cm³/mol. The molecule has 0 radical (unpaired) electrons. The Morgan fingerprint density at radius 3 is 2.70 bits per heavy atom. The SMILES string of the molecule is O=C(COCc1ccccc1)N[C@@]1(C(=O)O)CCSC1. The molecule has 0 aliphatic carbocycles. The number of aliphatic carboxylic acids is 1. The van der Waals surface area contributed by atoms with E-state index in [0.717, 1.165) is 11.3 Å². The average Bonchev–Trinajstić information content (AvgIpc) is 2.90. The zero-order chi connectivity index (χ0) is 14.4. The number of carbonyl (C=O) groups is 2. The molecule has 0 bridgehead atoms. The van der Waals surface area contributed by atoms with Crippen LogP contribution in [-0.2, 0) is 20.9 Å². The second-order valence-electron chi connectivity index (χ2n) is 4.72. The van der Waals surface area contributed by atoms with Gasteiger partial charge in [-0.25, -0.2) is 4.79 Å². The molecule has 1 saturated heterocycles. The van der Waals surface area contributed by atoms with E-state index in [1.165, 1.54) is 11.8 Å². The lowest BCUT2D eigenvalue weighted by atomic mass is 9.99. The molecule has 2 rings (SSSR count). The van der Waals surface area contributed by atoms with E-state index in [2.05, 4.69) is 5.32 Å². The third-order valence-electron chi connectivity index (χ3n) is 3.15. The molecule has 5 nitrogen and oxygen atoms in total. The van der Waals surface area contributed by atoms with Crippen LogP contribution in [0.5, 0.6) is 0 Å². The minimum absolute atomic E-state index is 0.130. The quantitative estimate of drug-likeness (QED) is 0.827. The van der Waals surface area contributed by atoms with Gasteiger partial charge in [0.2, 0.25) is 5.91 Å². The highest BCUT2D eigenvalue weighted by Gasteiger charge is 2.43. The molecule has 108 valence electrons. The fourth-order valence-corrected chi connectivity index (χ4v) is 3.35. The van der Waals surface area contributed by atoms with Crippen molar-refractivity contribution in [2.75, 3.05) is 18.1 Å². The molecule has 0 unspecified atom stereocenters. The molecule has 0 aromatic heterocycles. The molecule has 1 heterocycles. The maximum atomic E-state index is 11.8. The maximum Gasteiger partial charge on any atom is 0.330 e. The van der Waals surface area contributed by atoms with Crippen molar-refractivity contribution in [1.82, 2.24) is 5.32 Å². The minimum atomic E-state index is -1.13. The lowest BCUT2D eigenvalue weighted by Crippen LogP contribution is -2.55. The van der Waals surface area contributed by atoms with Gasteiger partial charge in [-0.3, -0.25) is 4.79 Å².